The molecule has 100 valence electrons. The van der Waals surface area contributed by atoms with Crippen LogP contribution in [-0.4, -0.2) is 36.4 Å². The van der Waals surface area contributed by atoms with E-state index in [4.69, 9.17) is 10.5 Å². The van der Waals surface area contributed by atoms with E-state index < -0.39 is 0 Å². The minimum atomic E-state index is 0.265. The van der Waals surface area contributed by atoms with Crippen molar-refractivity contribution in [2.24, 2.45) is 5.73 Å². The molecular weight excluding hydrogens is 240 g/mol. The molecule has 1 aliphatic rings. The van der Waals surface area contributed by atoms with Crippen LogP contribution in [0.4, 0.5) is 5.82 Å². The van der Waals surface area contributed by atoms with Crippen molar-refractivity contribution in [2.75, 3.05) is 25.1 Å². The molecule has 0 radical (unpaired) electrons. The lowest BCUT2D eigenvalue weighted by Gasteiger charge is -2.13. The molecule has 1 aliphatic heterocycles. The van der Waals surface area contributed by atoms with Crippen LogP contribution in [0.3, 0.4) is 0 Å². The zero-order chi connectivity index (χ0) is 13.2. The topological polar surface area (TPSA) is 67.2 Å². The maximum absolute atomic E-state index is 5.92. The molecule has 0 unspecified atom stereocenters. The van der Waals surface area contributed by atoms with Crippen LogP contribution >= 0.6 is 0 Å². The number of ether oxygens (including phenoxy) is 1. The number of benzene rings is 1. The van der Waals surface area contributed by atoms with Gasteiger partial charge in [0.25, 0.3) is 0 Å². The quantitative estimate of drug-likeness (QED) is 0.878. The van der Waals surface area contributed by atoms with E-state index in [1.54, 1.807) is 7.11 Å². The number of anilines is 1. The van der Waals surface area contributed by atoms with Gasteiger partial charge in [0.15, 0.2) is 5.82 Å². The number of hydrogen-bond donors (Lipinski definition) is 2. The molecule has 2 aromatic rings. The van der Waals surface area contributed by atoms with Gasteiger partial charge in [-0.2, -0.15) is 5.10 Å². The largest absolute Gasteiger partial charge is 0.497 e. The van der Waals surface area contributed by atoms with Crippen LogP contribution in [0.2, 0.25) is 0 Å². The molecule has 0 amide bonds. The van der Waals surface area contributed by atoms with Gasteiger partial charge in [0.1, 0.15) is 5.75 Å². The smallest absolute Gasteiger partial charge is 0.151 e. The third-order valence-corrected chi connectivity index (χ3v) is 3.51. The minimum Gasteiger partial charge on any atom is -0.497 e. The molecule has 0 aliphatic carbocycles. The number of H-pyrrole nitrogens is 1. The average molecular weight is 258 g/mol. The number of nitrogens with two attached hydrogens (primary N) is 1. The van der Waals surface area contributed by atoms with E-state index in [-0.39, 0.29) is 6.04 Å². The number of nitrogens with zero attached hydrogens (tertiary/aromatic N) is 2. The highest BCUT2D eigenvalue weighted by molar-refractivity contribution is 5.64. The van der Waals surface area contributed by atoms with Crippen molar-refractivity contribution in [3.05, 3.63) is 30.3 Å². The first-order valence-electron chi connectivity index (χ1n) is 6.46. The van der Waals surface area contributed by atoms with Crippen molar-refractivity contribution in [1.82, 2.24) is 10.2 Å². The van der Waals surface area contributed by atoms with Crippen LogP contribution < -0.4 is 15.4 Å². The SMILES string of the molecule is COc1ccc(-c2cc(N3CC[C@H](N)C3)n[nH]2)cc1. The van der Waals surface area contributed by atoms with Gasteiger partial charge < -0.3 is 15.4 Å². The fraction of sp³-hybridized carbons (Fsp3) is 0.357. The van der Waals surface area contributed by atoms with Crippen LogP contribution in [0, 0.1) is 0 Å². The number of hydrogen-bond acceptors (Lipinski definition) is 4. The molecule has 3 rings (SSSR count). The highest BCUT2D eigenvalue weighted by Crippen LogP contribution is 2.25. The van der Waals surface area contributed by atoms with Gasteiger partial charge in [0.2, 0.25) is 0 Å². The Morgan fingerprint density at radius 1 is 1.37 bits per heavy atom. The summed E-state index contributed by atoms with van der Waals surface area (Å²) in [7, 11) is 1.67. The molecule has 1 atom stereocenters. The Kier molecular flexibility index (Phi) is 3.13. The van der Waals surface area contributed by atoms with Crippen molar-refractivity contribution in [2.45, 2.75) is 12.5 Å². The second-order valence-corrected chi connectivity index (χ2v) is 4.86. The van der Waals surface area contributed by atoms with Crippen LogP contribution in [0.5, 0.6) is 5.75 Å². The van der Waals surface area contributed by atoms with E-state index in [0.717, 1.165) is 42.3 Å². The van der Waals surface area contributed by atoms with Crippen LogP contribution in [0.1, 0.15) is 6.42 Å². The van der Waals surface area contributed by atoms with Gasteiger partial charge in [-0.3, -0.25) is 5.10 Å². The van der Waals surface area contributed by atoms with E-state index in [1.165, 1.54) is 0 Å². The molecular formula is C14H18N4O. The van der Waals surface area contributed by atoms with Crippen molar-refractivity contribution in [3.8, 4) is 17.0 Å². The first-order chi connectivity index (χ1) is 9.26. The van der Waals surface area contributed by atoms with Gasteiger partial charge in [0, 0.05) is 25.2 Å². The third-order valence-electron chi connectivity index (χ3n) is 3.51. The van der Waals surface area contributed by atoms with Crippen molar-refractivity contribution >= 4 is 5.82 Å². The molecule has 0 saturated carbocycles. The normalized spacial score (nSPS) is 18.8. The number of aromatic amines is 1. The van der Waals surface area contributed by atoms with Gasteiger partial charge in [0.05, 0.1) is 12.8 Å². The van der Waals surface area contributed by atoms with E-state index in [9.17, 15) is 0 Å². The average Bonchev–Trinajstić information content (AvgIpc) is 3.07. The first kappa shape index (κ1) is 12.0. The Morgan fingerprint density at radius 2 is 2.16 bits per heavy atom. The Labute approximate surface area is 112 Å². The molecule has 1 aromatic carbocycles. The van der Waals surface area contributed by atoms with E-state index in [2.05, 4.69) is 21.2 Å². The summed E-state index contributed by atoms with van der Waals surface area (Å²) in [5.41, 5.74) is 8.03. The first-order valence-corrected chi connectivity index (χ1v) is 6.46. The van der Waals surface area contributed by atoms with Gasteiger partial charge in [-0.15, -0.1) is 0 Å². The molecule has 3 N–H and O–H groups in total. The monoisotopic (exact) mass is 258 g/mol. The summed E-state index contributed by atoms with van der Waals surface area (Å²) in [5, 5.41) is 7.44. The van der Waals surface area contributed by atoms with Gasteiger partial charge in [-0.05, 0) is 36.2 Å². The second-order valence-electron chi connectivity index (χ2n) is 4.86. The van der Waals surface area contributed by atoms with Crippen molar-refractivity contribution < 1.29 is 4.74 Å². The fourth-order valence-corrected chi connectivity index (χ4v) is 2.39. The van der Waals surface area contributed by atoms with Crippen LogP contribution in [0.15, 0.2) is 30.3 Å². The standard InChI is InChI=1S/C14H18N4O/c1-19-12-4-2-10(3-5-12)13-8-14(17-16-13)18-7-6-11(15)9-18/h2-5,8,11H,6-7,9,15H2,1H3,(H,16,17)/t11-/m0/s1. The highest BCUT2D eigenvalue weighted by Gasteiger charge is 2.21. The molecule has 0 spiro atoms. The Morgan fingerprint density at radius 3 is 2.79 bits per heavy atom. The maximum Gasteiger partial charge on any atom is 0.151 e. The summed E-state index contributed by atoms with van der Waals surface area (Å²) in [5.74, 6) is 1.83. The van der Waals surface area contributed by atoms with E-state index in [1.807, 2.05) is 24.3 Å². The van der Waals surface area contributed by atoms with Crippen molar-refractivity contribution in [1.29, 1.82) is 0 Å². The summed E-state index contributed by atoms with van der Waals surface area (Å²) in [4.78, 5) is 2.22. The Balaban J connectivity index is 1.80. The molecule has 1 fully saturated rings. The molecule has 19 heavy (non-hydrogen) atoms. The summed E-state index contributed by atoms with van der Waals surface area (Å²) < 4.78 is 5.16. The highest BCUT2D eigenvalue weighted by atomic mass is 16.5. The molecule has 5 nitrogen and oxygen atoms in total. The van der Waals surface area contributed by atoms with Gasteiger partial charge >= 0.3 is 0 Å². The van der Waals surface area contributed by atoms with Crippen LogP contribution in [0.25, 0.3) is 11.3 Å². The minimum absolute atomic E-state index is 0.265. The fourth-order valence-electron chi connectivity index (χ4n) is 2.39. The summed E-state index contributed by atoms with van der Waals surface area (Å²) >= 11 is 0. The lowest BCUT2D eigenvalue weighted by molar-refractivity contribution is 0.415. The predicted octanol–water partition coefficient (Wildman–Crippen LogP) is 1.62. The molecule has 1 saturated heterocycles. The number of aromatic nitrogens is 2. The van der Waals surface area contributed by atoms with E-state index >= 15 is 0 Å². The lowest BCUT2D eigenvalue weighted by atomic mass is 10.1. The zero-order valence-corrected chi connectivity index (χ0v) is 11.0. The van der Waals surface area contributed by atoms with Crippen molar-refractivity contribution in [3.63, 3.8) is 0 Å². The summed E-state index contributed by atoms with van der Waals surface area (Å²) in [6, 6.07) is 10.3. The number of methoxy groups -OCH3 is 1. The molecule has 0 bridgehead atoms. The molecule has 2 heterocycles. The van der Waals surface area contributed by atoms with Gasteiger partial charge in [-0.1, -0.05) is 0 Å². The summed E-state index contributed by atoms with van der Waals surface area (Å²) in [6.07, 6.45) is 1.03. The Bertz CT molecular complexity index is 549. The third kappa shape index (κ3) is 2.42. The van der Waals surface area contributed by atoms with Crippen LogP contribution in [-0.2, 0) is 0 Å². The predicted molar refractivity (Wildman–Crippen MR) is 75.4 cm³/mol. The van der Waals surface area contributed by atoms with Gasteiger partial charge in [-0.25, -0.2) is 0 Å². The number of rotatable bonds is 3. The summed E-state index contributed by atoms with van der Waals surface area (Å²) in [6.45, 7) is 1.86. The lowest BCUT2D eigenvalue weighted by Crippen LogP contribution is -2.26. The molecule has 1 aromatic heterocycles. The zero-order valence-electron chi connectivity index (χ0n) is 11.0. The molecule has 5 heteroatoms. The number of nitrogens with one attached hydrogen (secondary N) is 1. The maximum atomic E-state index is 5.92. The Hall–Kier alpha value is -2.01. The van der Waals surface area contributed by atoms with E-state index in [0.29, 0.717) is 0 Å². The second kappa shape index (κ2) is 4.93.